The molecular weight excluding hydrogens is 212 g/mol. The quantitative estimate of drug-likeness (QED) is 0.697. The van der Waals surface area contributed by atoms with E-state index >= 15 is 0 Å². The lowest BCUT2D eigenvalue weighted by Crippen LogP contribution is -2.11. The summed E-state index contributed by atoms with van der Waals surface area (Å²) >= 11 is 0. The SMILES string of the molecule is CCC(CC)COc1c(C)cc(C=O)cc1C. The molecule has 1 aromatic rings. The molecular formula is C15H22O2. The molecule has 0 atom stereocenters. The molecule has 0 spiro atoms. The summed E-state index contributed by atoms with van der Waals surface area (Å²) in [4.78, 5) is 10.7. The molecule has 0 aliphatic heterocycles. The van der Waals surface area contributed by atoms with E-state index in [1.54, 1.807) is 0 Å². The van der Waals surface area contributed by atoms with Crippen LogP contribution < -0.4 is 4.74 Å². The van der Waals surface area contributed by atoms with Crippen LogP contribution in [0.15, 0.2) is 12.1 Å². The lowest BCUT2D eigenvalue weighted by atomic mass is 10.0. The number of hydrogen-bond acceptors (Lipinski definition) is 2. The number of hydrogen-bond donors (Lipinski definition) is 0. The summed E-state index contributed by atoms with van der Waals surface area (Å²) in [6, 6.07) is 3.75. The van der Waals surface area contributed by atoms with Crippen molar-refractivity contribution in [2.45, 2.75) is 40.5 Å². The standard InChI is InChI=1S/C15H22O2/c1-5-13(6-2)10-17-15-11(3)7-14(9-16)8-12(15)4/h7-9,13H,5-6,10H2,1-4H3. The van der Waals surface area contributed by atoms with Crippen LogP contribution in [-0.2, 0) is 0 Å². The first-order valence-corrected chi connectivity index (χ1v) is 6.31. The highest BCUT2D eigenvalue weighted by Crippen LogP contribution is 2.25. The molecule has 0 saturated carbocycles. The van der Waals surface area contributed by atoms with Gasteiger partial charge in [-0.1, -0.05) is 26.7 Å². The molecule has 0 fully saturated rings. The maximum absolute atomic E-state index is 10.7. The van der Waals surface area contributed by atoms with Crippen molar-refractivity contribution < 1.29 is 9.53 Å². The fourth-order valence-electron chi connectivity index (χ4n) is 2.01. The van der Waals surface area contributed by atoms with E-state index in [1.807, 2.05) is 26.0 Å². The molecule has 0 heterocycles. The average Bonchev–Trinajstić information content (AvgIpc) is 2.32. The minimum atomic E-state index is 0.611. The summed E-state index contributed by atoms with van der Waals surface area (Å²) < 4.78 is 5.90. The van der Waals surface area contributed by atoms with Gasteiger partial charge in [0.25, 0.3) is 0 Å². The van der Waals surface area contributed by atoms with E-state index in [-0.39, 0.29) is 0 Å². The molecule has 1 aromatic carbocycles. The van der Waals surface area contributed by atoms with Crippen LogP contribution in [0.3, 0.4) is 0 Å². The van der Waals surface area contributed by atoms with Gasteiger partial charge in [0.05, 0.1) is 6.61 Å². The monoisotopic (exact) mass is 234 g/mol. The fraction of sp³-hybridized carbons (Fsp3) is 0.533. The second kappa shape index (κ2) is 6.43. The van der Waals surface area contributed by atoms with Gasteiger partial charge in [-0.25, -0.2) is 0 Å². The van der Waals surface area contributed by atoms with Crippen LogP contribution in [0, 0.1) is 19.8 Å². The first kappa shape index (κ1) is 13.8. The van der Waals surface area contributed by atoms with E-state index in [4.69, 9.17) is 4.74 Å². The molecule has 1 rings (SSSR count). The van der Waals surface area contributed by atoms with Crippen molar-refractivity contribution in [1.29, 1.82) is 0 Å². The highest BCUT2D eigenvalue weighted by Gasteiger charge is 2.09. The van der Waals surface area contributed by atoms with Crippen LogP contribution in [0.2, 0.25) is 0 Å². The summed E-state index contributed by atoms with van der Waals surface area (Å²) in [6.07, 6.45) is 3.16. The van der Waals surface area contributed by atoms with Crippen molar-refractivity contribution in [2.75, 3.05) is 6.61 Å². The molecule has 2 heteroatoms. The summed E-state index contributed by atoms with van der Waals surface area (Å²) in [5.74, 6) is 1.54. The second-order valence-corrected chi connectivity index (χ2v) is 4.60. The van der Waals surface area contributed by atoms with Gasteiger partial charge in [0.2, 0.25) is 0 Å². The highest BCUT2D eigenvalue weighted by molar-refractivity contribution is 5.76. The van der Waals surface area contributed by atoms with Crippen molar-refractivity contribution in [2.24, 2.45) is 5.92 Å². The van der Waals surface area contributed by atoms with Crippen molar-refractivity contribution >= 4 is 6.29 Å². The van der Waals surface area contributed by atoms with E-state index in [0.717, 1.165) is 48.2 Å². The third kappa shape index (κ3) is 3.58. The fourth-order valence-corrected chi connectivity index (χ4v) is 2.01. The van der Waals surface area contributed by atoms with Gasteiger partial charge in [-0.15, -0.1) is 0 Å². The lowest BCUT2D eigenvalue weighted by Gasteiger charge is -2.17. The van der Waals surface area contributed by atoms with Crippen LogP contribution in [0.25, 0.3) is 0 Å². The van der Waals surface area contributed by atoms with Gasteiger partial charge >= 0.3 is 0 Å². The van der Waals surface area contributed by atoms with E-state index in [2.05, 4.69) is 13.8 Å². The minimum absolute atomic E-state index is 0.611. The summed E-state index contributed by atoms with van der Waals surface area (Å²) in [5, 5.41) is 0. The van der Waals surface area contributed by atoms with Crippen LogP contribution >= 0.6 is 0 Å². The minimum Gasteiger partial charge on any atom is -0.493 e. The zero-order valence-electron chi connectivity index (χ0n) is 11.2. The molecule has 0 aliphatic carbocycles. The number of rotatable bonds is 6. The number of benzene rings is 1. The Labute approximate surface area is 104 Å². The Hall–Kier alpha value is -1.31. The molecule has 17 heavy (non-hydrogen) atoms. The molecule has 0 N–H and O–H groups in total. The Morgan fingerprint density at radius 3 is 2.12 bits per heavy atom. The highest BCUT2D eigenvalue weighted by atomic mass is 16.5. The van der Waals surface area contributed by atoms with Crippen LogP contribution in [0.4, 0.5) is 0 Å². The second-order valence-electron chi connectivity index (χ2n) is 4.60. The number of aldehydes is 1. The number of carbonyl (C=O) groups is 1. The molecule has 0 aromatic heterocycles. The van der Waals surface area contributed by atoms with E-state index < -0.39 is 0 Å². The molecule has 0 saturated heterocycles. The Morgan fingerprint density at radius 2 is 1.71 bits per heavy atom. The van der Waals surface area contributed by atoms with Gasteiger partial charge in [-0.05, 0) is 43.0 Å². The Morgan fingerprint density at radius 1 is 1.18 bits per heavy atom. The Balaban J connectivity index is 2.81. The largest absolute Gasteiger partial charge is 0.493 e. The zero-order valence-corrected chi connectivity index (χ0v) is 11.2. The van der Waals surface area contributed by atoms with Crippen molar-refractivity contribution in [3.63, 3.8) is 0 Å². The molecule has 0 radical (unpaired) electrons. The molecule has 94 valence electrons. The lowest BCUT2D eigenvalue weighted by molar-refractivity contribution is 0.112. The number of ether oxygens (including phenoxy) is 1. The third-order valence-corrected chi connectivity index (χ3v) is 3.24. The van der Waals surface area contributed by atoms with Crippen LogP contribution in [0.5, 0.6) is 5.75 Å². The van der Waals surface area contributed by atoms with Crippen molar-refractivity contribution in [1.82, 2.24) is 0 Å². The topological polar surface area (TPSA) is 26.3 Å². The summed E-state index contributed by atoms with van der Waals surface area (Å²) in [7, 11) is 0. The smallest absolute Gasteiger partial charge is 0.150 e. The number of aryl methyl sites for hydroxylation is 2. The molecule has 2 nitrogen and oxygen atoms in total. The van der Waals surface area contributed by atoms with E-state index in [1.165, 1.54) is 0 Å². The summed E-state index contributed by atoms with van der Waals surface area (Å²) in [5.41, 5.74) is 2.80. The van der Waals surface area contributed by atoms with Gasteiger partial charge in [-0.3, -0.25) is 4.79 Å². The molecule has 0 bridgehead atoms. The van der Waals surface area contributed by atoms with Gasteiger partial charge < -0.3 is 4.74 Å². The zero-order chi connectivity index (χ0) is 12.8. The molecule has 0 amide bonds. The van der Waals surface area contributed by atoms with Gasteiger partial charge in [0.15, 0.2) is 0 Å². The van der Waals surface area contributed by atoms with Crippen LogP contribution in [-0.4, -0.2) is 12.9 Å². The predicted octanol–water partition coefficient (Wildman–Crippen LogP) is 3.93. The normalized spacial score (nSPS) is 10.6. The molecule has 0 aliphatic rings. The van der Waals surface area contributed by atoms with Gasteiger partial charge in [0.1, 0.15) is 12.0 Å². The Kier molecular flexibility index (Phi) is 5.20. The van der Waals surface area contributed by atoms with E-state index in [0.29, 0.717) is 5.92 Å². The van der Waals surface area contributed by atoms with Gasteiger partial charge in [-0.2, -0.15) is 0 Å². The maximum Gasteiger partial charge on any atom is 0.150 e. The number of carbonyl (C=O) groups excluding carboxylic acids is 1. The van der Waals surface area contributed by atoms with Gasteiger partial charge in [0, 0.05) is 5.56 Å². The van der Waals surface area contributed by atoms with E-state index in [9.17, 15) is 4.79 Å². The third-order valence-electron chi connectivity index (χ3n) is 3.24. The first-order valence-electron chi connectivity index (χ1n) is 6.31. The maximum atomic E-state index is 10.7. The van der Waals surface area contributed by atoms with Crippen molar-refractivity contribution in [3.05, 3.63) is 28.8 Å². The predicted molar refractivity (Wildman–Crippen MR) is 70.9 cm³/mol. The summed E-state index contributed by atoms with van der Waals surface area (Å²) in [6.45, 7) is 9.11. The van der Waals surface area contributed by atoms with Crippen LogP contribution in [0.1, 0.15) is 48.2 Å². The first-order chi connectivity index (χ1) is 8.12. The average molecular weight is 234 g/mol. The Bertz CT molecular complexity index is 356. The molecule has 0 unspecified atom stereocenters. The van der Waals surface area contributed by atoms with Crippen molar-refractivity contribution in [3.8, 4) is 5.75 Å².